The zero-order valence-corrected chi connectivity index (χ0v) is 14.3. The van der Waals surface area contributed by atoms with E-state index in [9.17, 15) is 0 Å². The second-order valence-electron chi connectivity index (χ2n) is 5.30. The molecule has 1 aromatic rings. The van der Waals surface area contributed by atoms with E-state index in [1.54, 1.807) is 0 Å². The highest BCUT2D eigenvalue weighted by Crippen LogP contribution is 2.26. The summed E-state index contributed by atoms with van der Waals surface area (Å²) in [6, 6.07) is 7.14. The maximum Gasteiger partial charge on any atom is 0.0414 e. The minimum atomic E-state index is 0.536. The minimum absolute atomic E-state index is 0.536. The molecule has 19 heavy (non-hydrogen) atoms. The quantitative estimate of drug-likeness (QED) is 0.704. The molecule has 0 saturated heterocycles. The van der Waals surface area contributed by atoms with Gasteiger partial charge in [0, 0.05) is 29.3 Å². The predicted octanol–water partition coefficient (Wildman–Crippen LogP) is 4.57. The Balaban J connectivity index is 2.93. The molecule has 0 heterocycles. The van der Waals surface area contributed by atoms with E-state index in [0.29, 0.717) is 6.04 Å². The van der Waals surface area contributed by atoms with Crippen molar-refractivity contribution in [2.75, 3.05) is 18.5 Å². The molecular formula is C16H27BrN2. The normalized spacial score (nSPS) is 11.1. The van der Waals surface area contributed by atoms with Crippen molar-refractivity contribution < 1.29 is 0 Å². The SMILES string of the molecule is CCCCCN(c1ccc(Br)cc1CNC)C(C)C. The molecule has 0 fully saturated rings. The molecule has 0 aliphatic rings. The fourth-order valence-electron chi connectivity index (χ4n) is 2.36. The van der Waals surface area contributed by atoms with Gasteiger partial charge in [-0.25, -0.2) is 0 Å². The molecule has 0 aliphatic heterocycles. The highest BCUT2D eigenvalue weighted by molar-refractivity contribution is 9.10. The van der Waals surface area contributed by atoms with Gasteiger partial charge in [0.05, 0.1) is 0 Å². The summed E-state index contributed by atoms with van der Waals surface area (Å²) in [7, 11) is 2.00. The van der Waals surface area contributed by atoms with Crippen molar-refractivity contribution in [2.45, 2.75) is 52.6 Å². The number of nitrogens with zero attached hydrogens (tertiary/aromatic N) is 1. The number of hydrogen-bond acceptors (Lipinski definition) is 2. The zero-order valence-electron chi connectivity index (χ0n) is 12.7. The topological polar surface area (TPSA) is 15.3 Å². The Bertz CT molecular complexity index is 377. The van der Waals surface area contributed by atoms with Crippen LogP contribution in [0, 0.1) is 0 Å². The Morgan fingerprint density at radius 3 is 2.58 bits per heavy atom. The Morgan fingerprint density at radius 1 is 1.26 bits per heavy atom. The van der Waals surface area contributed by atoms with E-state index in [0.717, 1.165) is 17.6 Å². The third-order valence-electron chi connectivity index (χ3n) is 3.34. The van der Waals surface area contributed by atoms with Gasteiger partial charge in [-0.2, -0.15) is 0 Å². The molecule has 2 nitrogen and oxygen atoms in total. The molecule has 0 spiro atoms. The van der Waals surface area contributed by atoms with Crippen LogP contribution in [0.1, 0.15) is 45.6 Å². The lowest BCUT2D eigenvalue weighted by molar-refractivity contribution is 0.622. The summed E-state index contributed by atoms with van der Waals surface area (Å²) in [5.74, 6) is 0. The number of benzene rings is 1. The molecule has 0 bridgehead atoms. The first-order chi connectivity index (χ1) is 9.10. The summed E-state index contributed by atoms with van der Waals surface area (Å²) in [4.78, 5) is 2.52. The summed E-state index contributed by atoms with van der Waals surface area (Å²) in [5.41, 5.74) is 2.73. The van der Waals surface area contributed by atoms with Gasteiger partial charge in [0.25, 0.3) is 0 Å². The van der Waals surface area contributed by atoms with Crippen LogP contribution in [0.4, 0.5) is 5.69 Å². The van der Waals surface area contributed by atoms with Crippen molar-refractivity contribution in [3.8, 4) is 0 Å². The van der Waals surface area contributed by atoms with Gasteiger partial charge in [0.2, 0.25) is 0 Å². The Hall–Kier alpha value is -0.540. The summed E-state index contributed by atoms with van der Waals surface area (Å²) in [5, 5.41) is 3.27. The monoisotopic (exact) mass is 326 g/mol. The van der Waals surface area contributed by atoms with Gasteiger partial charge in [-0.1, -0.05) is 35.7 Å². The first kappa shape index (κ1) is 16.5. The lowest BCUT2D eigenvalue weighted by Gasteiger charge is -2.31. The molecule has 0 saturated carbocycles. The second kappa shape index (κ2) is 8.60. The fraction of sp³-hybridized carbons (Fsp3) is 0.625. The van der Waals surface area contributed by atoms with Gasteiger partial charge in [-0.15, -0.1) is 0 Å². The summed E-state index contributed by atoms with van der Waals surface area (Å²) in [6.07, 6.45) is 3.85. The molecule has 0 aromatic heterocycles. The second-order valence-corrected chi connectivity index (χ2v) is 6.21. The van der Waals surface area contributed by atoms with Gasteiger partial charge in [0.15, 0.2) is 0 Å². The molecular weight excluding hydrogens is 300 g/mol. The number of halogens is 1. The third kappa shape index (κ3) is 5.15. The number of nitrogens with one attached hydrogen (secondary N) is 1. The Labute approximate surface area is 126 Å². The van der Waals surface area contributed by atoms with Crippen LogP contribution >= 0.6 is 15.9 Å². The van der Waals surface area contributed by atoms with Crippen LogP contribution < -0.4 is 10.2 Å². The zero-order chi connectivity index (χ0) is 14.3. The van der Waals surface area contributed by atoms with Crippen LogP contribution in [-0.2, 0) is 6.54 Å². The minimum Gasteiger partial charge on any atom is -0.369 e. The van der Waals surface area contributed by atoms with Crippen LogP contribution in [0.3, 0.4) is 0 Å². The molecule has 0 radical (unpaired) electrons. The predicted molar refractivity (Wildman–Crippen MR) is 88.9 cm³/mol. The van der Waals surface area contributed by atoms with Crippen LogP contribution in [0.15, 0.2) is 22.7 Å². The van der Waals surface area contributed by atoms with Crippen LogP contribution in [0.5, 0.6) is 0 Å². The van der Waals surface area contributed by atoms with Crippen molar-refractivity contribution in [1.82, 2.24) is 5.32 Å². The van der Waals surface area contributed by atoms with Crippen molar-refractivity contribution in [1.29, 1.82) is 0 Å². The van der Waals surface area contributed by atoms with Gasteiger partial charge < -0.3 is 10.2 Å². The standard InChI is InChI=1S/C16H27BrN2/c1-5-6-7-10-19(13(2)3)16-9-8-15(17)11-14(16)12-18-4/h8-9,11,13,18H,5-7,10,12H2,1-4H3. The van der Waals surface area contributed by atoms with Crippen molar-refractivity contribution in [3.63, 3.8) is 0 Å². The fourth-order valence-corrected chi connectivity index (χ4v) is 2.76. The van der Waals surface area contributed by atoms with E-state index >= 15 is 0 Å². The van der Waals surface area contributed by atoms with E-state index in [4.69, 9.17) is 0 Å². The Kier molecular flexibility index (Phi) is 7.47. The van der Waals surface area contributed by atoms with E-state index < -0.39 is 0 Å². The maximum absolute atomic E-state index is 3.57. The van der Waals surface area contributed by atoms with Crippen LogP contribution in [0.2, 0.25) is 0 Å². The van der Waals surface area contributed by atoms with Gasteiger partial charge in [-0.05, 0) is 51.1 Å². The molecule has 0 aliphatic carbocycles. The van der Waals surface area contributed by atoms with Crippen molar-refractivity contribution in [2.24, 2.45) is 0 Å². The van der Waals surface area contributed by atoms with E-state index in [1.165, 1.54) is 30.5 Å². The van der Waals surface area contributed by atoms with E-state index in [2.05, 4.69) is 65.1 Å². The molecule has 1 rings (SSSR count). The first-order valence-corrected chi connectivity index (χ1v) is 8.09. The highest BCUT2D eigenvalue weighted by Gasteiger charge is 2.14. The van der Waals surface area contributed by atoms with Gasteiger partial charge >= 0.3 is 0 Å². The average molecular weight is 327 g/mol. The van der Waals surface area contributed by atoms with Crippen molar-refractivity contribution in [3.05, 3.63) is 28.2 Å². The summed E-state index contributed by atoms with van der Waals surface area (Å²) >= 11 is 3.57. The molecule has 0 unspecified atom stereocenters. The van der Waals surface area contributed by atoms with E-state index in [-0.39, 0.29) is 0 Å². The molecule has 0 amide bonds. The molecule has 1 aromatic carbocycles. The molecule has 3 heteroatoms. The number of unbranched alkanes of at least 4 members (excludes halogenated alkanes) is 2. The number of rotatable bonds is 8. The average Bonchev–Trinajstić information content (AvgIpc) is 2.36. The van der Waals surface area contributed by atoms with Crippen LogP contribution in [-0.4, -0.2) is 19.6 Å². The number of hydrogen-bond donors (Lipinski definition) is 1. The number of anilines is 1. The smallest absolute Gasteiger partial charge is 0.0414 e. The largest absolute Gasteiger partial charge is 0.369 e. The van der Waals surface area contributed by atoms with Crippen molar-refractivity contribution >= 4 is 21.6 Å². The maximum atomic E-state index is 3.57. The van der Waals surface area contributed by atoms with Crippen LogP contribution in [0.25, 0.3) is 0 Å². The molecule has 0 atom stereocenters. The summed E-state index contributed by atoms with van der Waals surface area (Å²) < 4.78 is 1.15. The lowest BCUT2D eigenvalue weighted by Crippen LogP contribution is -2.33. The third-order valence-corrected chi connectivity index (χ3v) is 3.84. The van der Waals surface area contributed by atoms with E-state index in [1.807, 2.05) is 7.05 Å². The summed E-state index contributed by atoms with van der Waals surface area (Å²) in [6.45, 7) is 8.86. The lowest BCUT2D eigenvalue weighted by atomic mass is 10.1. The molecule has 108 valence electrons. The first-order valence-electron chi connectivity index (χ1n) is 7.29. The van der Waals surface area contributed by atoms with Gasteiger partial charge in [-0.3, -0.25) is 0 Å². The molecule has 1 N–H and O–H groups in total. The van der Waals surface area contributed by atoms with Gasteiger partial charge in [0.1, 0.15) is 0 Å². The Morgan fingerprint density at radius 2 is 2.00 bits per heavy atom. The highest BCUT2D eigenvalue weighted by atomic mass is 79.9.